The predicted molar refractivity (Wildman–Crippen MR) is 131 cm³/mol. The lowest BCUT2D eigenvalue weighted by molar-refractivity contribution is -0.122. The van der Waals surface area contributed by atoms with E-state index in [1.807, 2.05) is 43.3 Å². The summed E-state index contributed by atoms with van der Waals surface area (Å²) in [5, 5.41) is 3.34. The molecule has 1 unspecified atom stereocenters. The van der Waals surface area contributed by atoms with E-state index in [-0.39, 0.29) is 18.2 Å². The topological polar surface area (TPSA) is 92.5 Å². The van der Waals surface area contributed by atoms with Gasteiger partial charge in [0, 0.05) is 29.1 Å². The van der Waals surface area contributed by atoms with Gasteiger partial charge < -0.3 is 16.0 Å². The lowest BCUT2D eigenvalue weighted by Gasteiger charge is -2.18. The molecular formula is C26H25N3O3S. The number of carbonyl (C=O) groups is 3. The van der Waals surface area contributed by atoms with Crippen LogP contribution in [0.15, 0.2) is 48.5 Å². The second-order valence-electron chi connectivity index (χ2n) is 8.67. The van der Waals surface area contributed by atoms with Crippen molar-refractivity contribution in [1.29, 1.82) is 0 Å². The summed E-state index contributed by atoms with van der Waals surface area (Å²) in [5.41, 5.74) is 11.1. The maximum Gasteiger partial charge on any atom is 0.252 e. The summed E-state index contributed by atoms with van der Waals surface area (Å²) in [7, 11) is 0. The van der Waals surface area contributed by atoms with Crippen molar-refractivity contribution in [1.82, 2.24) is 0 Å². The molecule has 2 aliphatic rings. The number of aryl methyl sites for hydroxylation is 3. The van der Waals surface area contributed by atoms with Crippen LogP contribution in [0.4, 0.5) is 10.7 Å². The number of amides is 3. The number of hydrogen-bond donors (Lipinski definition) is 2. The van der Waals surface area contributed by atoms with Gasteiger partial charge in [0.25, 0.3) is 5.91 Å². The first-order valence-corrected chi connectivity index (χ1v) is 12.0. The van der Waals surface area contributed by atoms with Crippen LogP contribution in [-0.4, -0.2) is 24.3 Å². The summed E-state index contributed by atoms with van der Waals surface area (Å²) in [6.45, 7) is 2.23. The SMILES string of the molecule is Cc1sc(NC(=O)C2CC(=O)N(c3ccc4c(c3)CCC4)C2)c(C(N)=O)c1-c1ccccc1. The molecule has 0 bridgehead atoms. The summed E-state index contributed by atoms with van der Waals surface area (Å²) in [5.74, 6) is -1.41. The molecule has 3 amide bonds. The number of hydrogen-bond acceptors (Lipinski definition) is 4. The average molecular weight is 460 g/mol. The van der Waals surface area contributed by atoms with Gasteiger partial charge in [-0.15, -0.1) is 11.3 Å². The largest absolute Gasteiger partial charge is 0.365 e. The standard InChI is InChI=1S/C26H25N3O3S/c1-15-22(17-6-3-2-4-7-17)23(24(27)31)26(33-15)28-25(32)19-13-21(30)29(14-19)20-11-10-16-8-5-9-18(16)12-20/h2-4,6-7,10-12,19H,5,8-9,13-14H2,1H3,(H2,27,31)(H,28,32). The van der Waals surface area contributed by atoms with Gasteiger partial charge in [-0.3, -0.25) is 14.4 Å². The fraction of sp³-hybridized carbons (Fsp3) is 0.269. The molecular weight excluding hydrogens is 434 g/mol. The summed E-state index contributed by atoms with van der Waals surface area (Å²) in [6, 6.07) is 15.7. The minimum Gasteiger partial charge on any atom is -0.365 e. The Balaban J connectivity index is 1.37. The number of benzene rings is 2. The van der Waals surface area contributed by atoms with Gasteiger partial charge in [-0.25, -0.2) is 0 Å². The highest BCUT2D eigenvalue weighted by Crippen LogP contribution is 2.40. The van der Waals surface area contributed by atoms with Gasteiger partial charge in [-0.05, 0) is 55.0 Å². The first-order chi connectivity index (χ1) is 15.9. The van der Waals surface area contributed by atoms with Gasteiger partial charge in [0.2, 0.25) is 11.8 Å². The first-order valence-electron chi connectivity index (χ1n) is 11.1. The van der Waals surface area contributed by atoms with E-state index >= 15 is 0 Å². The van der Waals surface area contributed by atoms with Crippen LogP contribution in [-0.2, 0) is 22.4 Å². The Morgan fingerprint density at radius 2 is 1.85 bits per heavy atom. The number of carbonyl (C=O) groups excluding carboxylic acids is 3. The van der Waals surface area contributed by atoms with E-state index in [0.717, 1.165) is 41.0 Å². The quantitative estimate of drug-likeness (QED) is 0.596. The van der Waals surface area contributed by atoms with Crippen LogP contribution in [0, 0.1) is 12.8 Å². The average Bonchev–Trinajstić information content (AvgIpc) is 3.50. The van der Waals surface area contributed by atoms with Crippen molar-refractivity contribution in [3.8, 4) is 11.1 Å². The number of thiophene rings is 1. The molecule has 2 aromatic carbocycles. The normalized spacial score (nSPS) is 17.3. The molecule has 3 N–H and O–H groups in total. The molecule has 6 nitrogen and oxygen atoms in total. The van der Waals surface area contributed by atoms with E-state index in [1.54, 1.807) is 4.90 Å². The third-order valence-electron chi connectivity index (χ3n) is 6.52. The molecule has 1 aromatic heterocycles. The maximum atomic E-state index is 13.1. The van der Waals surface area contributed by atoms with E-state index in [2.05, 4.69) is 17.4 Å². The van der Waals surface area contributed by atoms with Crippen LogP contribution in [0.25, 0.3) is 11.1 Å². The molecule has 3 aromatic rings. The Hall–Kier alpha value is -3.45. The monoisotopic (exact) mass is 459 g/mol. The van der Waals surface area contributed by atoms with Gasteiger partial charge in [0.15, 0.2) is 0 Å². The third-order valence-corrected chi connectivity index (χ3v) is 7.54. The number of nitrogens with zero attached hydrogens (tertiary/aromatic N) is 1. The Labute approximate surface area is 196 Å². The Bertz CT molecular complexity index is 1270. The highest BCUT2D eigenvalue weighted by atomic mass is 32.1. The molecule has 0 saturated carbocycles. The molecule has 1 aliphatic heterocycles. The molecule has 7 heteroatoms. The predicted octanol–water partition coefficient (Wildman–Crippen LogP) is 4.30. The minimum absolute atomic E-state index is 0.0597. The highest BCUT2D eigenvalue weighted by Gasteiger charge is 2.36. The lowest BCUT2D eigenvalue weighted by atomic mass is 10.0. The molecule has 168 valence electrons. The summed E-state index contributed by atoms with van der Waals surface area (Å²) >= 11 is 1.33. The van der Waals surface area contributed by atoms with Crippen molar-refractivity contribution in [3.63, 3.8) is 0 Å². The molecule has 1 aliphatic carbocycles. The molecule has 0 spiro atoms. The van der Waals surface area contributed by atoms with Crippen LogP contribution in [0.1, 0.15) is 39.2 Å². The van der Waals surface area contributed by atoms with E-state index in [9.17, 15) is 14.4 Å². The summed E-state index contributed by atoms with van der Waals surface area (Å²) in [6.07, 6.45) is 3.41. The zero-order valence-corrected chi connectivity index (χ0v) is 19.2. The molecule has 33 heavy (non-hydrogen) atoms. The number of fused-ring (bicyclic) bond motifs is 1. The van der Waals surface area contributed by atoms with Gasteiger partial charge in [0.05, 0.1) is 11.5 Å². The number of nitrogens with one attached hydrogen (secondary N) is 1. The van der Waals surface area contributed by atoms with Crippen molar-refractivity contribution in [2.24, 2.45) is 11.7 Å². The summed E-state index contributed by atoms with van der Waals surface area (Å²) < 4.78 is 0. The van der Waals surface area contributed by atoms with E-state index in [4.69, 9.17) is 5.73 Å². The van der Waals surface area contributed by atoms with Crippen molar-refractivity contribution < 1.29 is 14.4 Å². The van der Waals surface area contributed by atoms with Crippen molar-refractivity contribution in [2.45, 2.75) is 32.6 Å². The first kappa shape index (κ1) is 21.4. The van der Waals surface area contributed by atoms with Crippen LogP contribution in [0.5, 0.6) is 0 Å². The Kier molecular flexibility index (Phi) is 5.50. The molecule has 0 radical (unpaired) electrons. The third kappa shape index (κ3) is 3.93. The number of primary amides is 1. The number of rotatable bonds is 5. The van der Waals surface area contributed by atoms with E-state index in [0.29, 0.717) is 17.1 Å². The highest BCUT2D eigenvalue weighted by molar-refractivity contribution is 7.17. The number of nitrogens with two attached hydrogens (primary N) is 1. The molecule has 1 atom stereocenters. The molecule has 2 heterocycles. The Morgan fingerprint density at radius 3 is 2.61 bits per heavy atom. The van der Waals surface area contributed by atoms with E-state index < -0.39 is 11.8 Å². The fourth-order valence-electron chi connectivity index (χ4n) is 4.89. The van der Waals surface area contributed by atoms with E-state index in [1.165, 1.54) is 22.5 Å². The molecule has 5 rings (SSSR count). The van der Waals surface area contributed by atoms with Crippen molar-refractivity contribution in [2.75, 3.05) is 16.8 Å². The molecule has 1 fully saturated rings. The van der Waals surface area contributed by atoms with Crippen LogP contribution < -0.4 is 16.0 Å². The maximum absolute atomic E-state index is 13.1. The smallest absolute Gasteiger partial charge is 0.252 e. The zero-order valence-electron chi connectivity index (χ0n) is 18.4. The lowest BCUT2D eigenvalue weighted by Crippen LogP contribution is -2.28. The van der Waals surface area contributed by atoms with Crippen LogP contribution >= 0.6 is 11.3 Å². The van der Waals surface area contributed by atoms with Gasteiger partial charge in [-0.1, -0.05) is 36.4 Å². The van der Waals surface area contributed by atoms with Crippen molar-refractivity contribution >= 4 is 39.7 Å². The van der Waals surface area contributed by atoms with Crippen LogP contribution in [0.2, 0.25) is 0 Å². The minimum atomic E-state index is -0.587. The fourth-order valence-corrected chi connectivity index (χ4v) is 5.98. The number of anilines is 2. The molecule has 1 saturated heterocycles. The second kappa shape index (κ2) is 8.48. The van der Waals surface area contributed by atoms with Crippen LogP contribution in [0.3, 0.4) is 0 Å². The van der Waals surface area contributed by atoms with Crippen molar-refractivity contribution in [3.05, 3.63) is 70.1 Å². The second-order valence-corrected chi connectivity index (χ2v) is 9.89. The van der Waals surface area contributed by atoms with Gasteiger partial charge in [0.1, 0.15) is 5.00 Å². The van der Waals surface area contributed by atoms with Gasteiger partial charge in [-0.2, -0.15) is 0 Å². The Morgan fingerprint density at radius 1 is 1.09 bits per heavy atom. The summed E-state index contributed by atoms with van der Waals surface area (Å²) in [4.78, 5) is 40.8. The zero-order chi connectivity index (χ0) is 23.1. The van der Waals surface area contributed by atoms with Gasteiger partial charge >= 0.3 is 0 Å².